The van der Waals surface area contributed by atoms with Crippen LogP contribution < -0.4 is 0 Å². The minimum Gasteiger partial charge on any atom is -0.192 e. The smallest absolute Gasteiger partial charge is 0.0998 e. The van der Waals surface area contributed by atoms with Crippen LogP contribution in [-0.4, -0.2) is 0 Å². The fourth-order valence-electron chi connectivity index (χ4n) is 8.32. The Morgan fingerprint density at radius 2 is 0.769 bits per heavy atom. The highest BCUT2D eigenvalue weighted by Gasteiger charge is 2.26. The Balaban J connectivity index is 1.32. The molecule has 10 rings (SSSR count). The summed E-state index contributed by atoms with van der Waals surface area (Å²) in [4.78, 5) is 0. The summed E-state index contributed by atoms with van der Waals surface area (Å²) >= 11 is 0. The maximum atomic E-state index is 9.96. The third-order valence-electron chi connectivity index (χ3n) is 10.7. The van der Waals surface area contributed by atoms with Gasteiger partial charge in [0.1, 0.15) is 0 Å². The molecule has 0 fully saturated rings. The van der Waals surface area contributed by atoms with Crippen LogP contribution >= 0.6 is 0 Å². The van der Waals surface area contributed by atoms with Gasteiger partial charge in [-0.15, -0.1) is 0 Å². The first kappa shape index (κ1) is 29.4. The molecule has 0 unspecified atom stereocenters. The Hall–Kier alpha value is -7.51. The number of nitriles is 3. The van der Waals surface area contributed by atoms with Gasteiger partial charge in [0, 0.05) is 5.56 Å². The van der Waals surface area contributed by atoms with Crippen molar-refractivity contribution >= 4 is 43.1 Å². The third-order valence-corrected chi connectivity index (χ3v) is 10.7. The number of fused-ring (bicyclic) bond motifs is 8. The molecule has 0 atom stereocenters. The van der Waals surface area contributed by atoms with Crippen LogP contribution in [0, 0.1) is 34.0 Å². The van der Waals surface area contributed by atoms with Gasteiger partial charge in [0.15, 0.2) is 0 Å². The minimum absolute atomic E-state index is 0.628. The molecule has 0 saturated heterocycles. The fourth-order valence-corrected chi connectivity index (χ4v) is 8.32. The molecule has 0 bridgehead atoms. The second-order valence-electron chi connectivity index (χ2n) is 13.4. The maximum Gasteiger partial charge on any atom is 0.0998 e. The van der Waals surface area contributed by atoms with E-state index in [2.05, 4.69) is 97.1 Å². The van der Waals surface area contributed by atoms with Crippen molar-refractivity contribution in [3.8, 4) is 73.8 Å². The van der Waals surface area contributed by atoms with Crippen LogP contribution in [0.25, 0.3) is 98.7 Å². The summed E-state index contributed by atoms with van der Waals surface area (Å²) in [6.07, 6.45) is 0. The number of hydrogen-bond donors (Lipinski definition) is 0. The van der Waals surface area contributed by atoms with E-state index < -0.39 is 0 Å². The summed E-state index contributed by atoms with van der Waals surface area (Å²) < 4.78 is 0. The molecule has 3 nitrogen and oxygen atoms in total. The Morgan fingerprint density at radius 1 is 0.288 bits per heavy atom. The van der Waals surface area contributed by atoms with Crippen molar-refractivity contribution in [2.75, 3.05) is 0 Å². The van der Waals surface area contributed by atoms with Crippen molar-refractivity contribution in [2.24, 2.45) is 0 Å². The first-order chi connectivity index (χ1) is 25.6. The van der Waals surface area contributed by atoms with Crippen molar-refractivity contribution < 1.29 is 0 Å². The number of rotatable bonds is 3. The van der Waals surface area contributed by atoms with Crippen LogP contribution in [-0.2, 0) is 0 Å². The molecule has 0 N–H and O–H groups in total. The van der Waals surface area contributed by atoms with Gasteiger partial charge in [0.2, 0.25) is 0 Å². The van der Waals surface area contributed by atoms with Gasteiger partial charge in [-0.05, 0) is 148 Å². The van der Waals surface area contributed by atoms with E-state index in [4.69, 9.17) is 0 Å². The zero-order chi connectivity index (χ0) is 34.9. The van der Waals surface area contributed by atoms with Crippen molar-refractivity contribution in [3.05, 3.63) is 168 Å². The molecule has 0 radical (unpaired) electrons. The van der Waals surface area contributed by atoms with E-state index in [9.17, 15) is 15.8 Å². The lowest BCUT2D eigenvalue weighted by Gasteiger charge is -2.17. The van der Waals surface area contributed by atoms with E-state index in [0.717, 1.165) is 71.1 Å². The first-order valence-corrected chi connectivity index (χ1v) is 17.2. The van der Waals surface area contributed by atoms with Gasteiger partial charge in [0.05, 0.1) is 34.9 Å². The lowest BCUT2D eigenvalue weighted by molar-refractivity contribution is 1.48. The molecule has 0 amide bonds. The molecule has 1 aliphatic rings. The van der Waals surface area contributed by atoms with Gasteiger partial charge in [0.25, 0.3) is 0 Å². The van der Waals surface area contributed by atoms with E-state index in [-0.39, 0.29) is 0 Å². The van der Waals surface area contributed by atoms with Crippen LogP contribution in [0.15, 0.2) is 152 Å². The van der Waals surface area contributed by atoms with Crippen LogP contribution in [0.5, 0.6) is 0 Å². The largest absolute Gasteiger partial charge is 0.192 e. The molecule has 3 heteroatoms. The Morgan fingerprint density at radius 3 is 1.44 bits per heavy atom. The zero-order valence-corrected chi connectivity index (χ0v) is 27.8. The molecular weight excluding hydrogens is 631 g/mol. The van der Waals surface area contributed by atoms with E-state index in [1.165, 1.54) is 27.6 Å². The molecule has 0 spiro atoms. The fraction of sp³-hybridized carbons (Fsp3) is 0. The van der Waals surface area contributed by atoms with E-state index >= 15 is 0 Å². The zero-order valence-electron chi connectivity index (χ0n) is 27.8. The lowest BCUT2D eigenvalue weighted by atomic mass is 9.86. The molecule has 9 aromatic carbocycles. The highest BCUT2D eigenvalue weighted by molar-refractivity contribution is 6.27. The van der Waals surface area contributed by atoms with Gasteiger partial charge in [-0.2, -0.15) is 15.8 Å². The summed E-state index contributed by atoms with van der Waals surface area (Å²) in [5.41, 5.74) is 13.0. The molecule has 1 aliphatic carbocycles. The molecule has 0 aromatic heterocycles. The van der Waals surface area contributed by atoms with Gasteiger partial charge in [-0.1, -0.05) is 97.1 Å². The highest BCUT2D eigenvalue weighted by atomic mass is 14.3. The lowest BCUT2D eigenvalue weighted by Crippen LogP contribution is -1.91. The Labute approximate surface area is 300 Å². The standard InChI is InChI=1S/C49H25N3/c50-26-29-12-16-31(17-13-29)41-22-47-43(36-9-4-3-8-35(36)41)23-42(32-18-14-30(27-51)15-19-32)46-24-45-40-21-20-37(34-7-2-1-6-33(34)28-52)38-10-5-11-39(49(38)40)44(45)25-48(46)47/h1-25H. The number of benzene rings is 9. The second-order valence-corrected chi connectivity index (χ2v) is 13.4. The highest BCUT2D eigenvalue weighted by Crippen LogP contribution is 2.53. The predicted molar refractivity (Wildman–Crippen MR) is 211 cm³/mol. The average molecular weight is 656 g/mol. The summed E-state index contributed by atoms with van der Waals surface area (Å²) in [5, 5.41) is 38.3. The summed E-state index contributed by atoms with van der Waals surface area (Å²) in [5.74, 6) is 0. The molecule has 52 heavy (non-hydrogen) atoms. The minimum atomic E-state index is 0.628. The van der Waals surface area contributed by atoms with Crippen molar-refractivity contribution in [3.63, 3.8) is 0 Å². The van der Waals surface area contributed by atoms with Gasteiger partial charge in [-0.3, -0.25) is 0 Å². The van der Waals surface area contributed by atoms with E-state index in [1.54, 1.807) is 0 Å². The van der Waals surface area contributed by atoms with Crippen LogP contribution in [0.2, 0.25) is 0 Å². The second kappa shape index (κ2) is 11.3. The molecular formula is C49H25N3. The quantitative estimate of drug-likeness (QED) is 0.178. The normalized spacial score (nSPS) is 11.4. The van der Waals surface area contributed by atoms with Crippen molar-refractivity contribution in [1.29, 1.82) is 15.8 Å². The number of hydrogen-bond acceptors (Lipinski definition) is 3. The van der Waals surface area contributed by atoms with Crippen molar-refractivity contribution in [1.82, 2.24) is 0 Å². The topological polar surface area (TPSA) is 71.4 Å². The Kier molecular flexibility index (Phi) is 6.37. The molecule has 236 valence electrons. The number of nitrogens with zero attached hydrogens (tertiary/aromatic N) is 3. The van der Waals surface area contributed by atoms with Gasteiger partial charge < -0.3 is 0 Å². The summed E-state index contributed by atoms with van der Waals surface area (Å²) in [7, 11) is 0. The summed E-state index contributed by atoms with van der Waals surface area (Å²) in [6, 6.07) is 59.2. The van der Waals surface area contributed by atoms with Crippen LogP contribution in [0.3, 0.4) is 0 Å². The monoisotopic (exact) mass is 655 g/mol. The molecule has 0 heterocycles. The van der Waals surface area contributed by atoms with E-state index in [0.29, 0.717) is 16.7 Å². The van der Waals surface area contributed by atoms with Crippen LogP contribution in [0.1, 0.15) is 16.7 Å². The Bertz CT molecular complexity index is 3130. The summed E-state index contributed by atoms with van der Waals surface area (Å²) in [6.45, 7) is 0. The molecule has 0 aliphatic heterocycles. The first-order valence-electron chi connectivity index (χ1n) is 17.2. The van der Waals surface area contributed by atoms with E-state index in [1.807, 2.05) is 72.8 Å². The SMILES string of the molecule is N#Cc1ccc(-c2cc3c4cc5c(cc4c(-c4ccc(C#N)cc4)cc3c3ccccc23)-c2ccc(-c3ccccc3C#N)c3cccc-5c23)cc1. The van der Waals surface area contributed by atoms with Gasteiger partial charge in [-0.25, -0.2) is 0 Å². The van der Waals surface area contributed by atoms with Gasteiger partial charge >= 0.3 is 0 Å². The van der Waals surface area contributed by atoms with Crippen molar-refractivity contribution in [2.45, 2.75) is 0 Å². The predicted octanol–water partition coefficient (Wildman–Crippen LogP) is 12.6. The third kappa shape index (κ3) is 4.23. The molecule has 0 saturated carbocycles. The average Bonchev–Trinajstić information content (AvgIpc) is 3.53. The maximum absolute atomic E-state index is 9.96. The van der Waals surface area contributed by atoms with Crippen LogP contribution in [0.4, 0.5) is 0 Å². The molecule has 9 aromatic rings.